The van der Waals surface area contributed by atoms with Gasteiger partial charge in [0.25, 0.3) is 0 Å². The van der Waals surface area contributed by atoms with Gasteiger partial charge in [-0.3, -0.25) is 6.08 Å². The molecule has 1 aliphatic carbocycles. The van der Waals surface area contributed by atoms with Crippen LogP contribution >= 0.6 is 0 Å². The molecule has 1 unspecified atom stereocenters. The molecule has 0 bridgehead atoms. The molecule has 29 heavy (non-hydrogen) atoms. The number of halogens is 3. The normalized spacial score (nSPS) is 18.8. The van der Waals surface area contributed by atoms with Gasteiger partial charge < -0.3 is 37.2 Å². The molecule has 0 aliphatic heterocycles. The molecule has 0 amide bonds. The Balaban J connectivity index is -0.00000169. The van der Waals surface area contributed by atoms with Crippen LogP contribution in [0.4, 0.5) is 0 Å². The molecule has 1 aliphatic rings. The van der Waals surface area contributed by atoms with Crippen molar-refractivity contribution in [2.45, 2.75) is 85.2 Å². The second kappa shape index (κ2) is 12.1. The van der Waals surface area contributed by atoms with E-state index in [0.29, 0.717) is 0 Å². The molecular formula is C23H37Cl3Si2Ti. The van der Waals surface area contributed by atoms with E-state index in [4.69, 9.17) is 0 Å². The van der Waals surface area contributed by atoms with Crippen molar-refractivity contribution >= 4 is 26.5 Å². The summed E-state index contributed by atoms with van der Waals surface area (Å²) in [5, 5.41) is 3.39. The summed E-state index contributed by atoms with van der Waals surface area (Å²) in [7, 11) is -3.09. The molecule has 1 aromatic rings. The molecule has 162 valence electrons. The maximum Gasteiger partial charge on any atom is 4.00 e. The molecule has 0 nitrogen and oxygen atoms in total. The minimum atomic E-state index is -1.77. The first-order valence-corrected chi connectivity index (χ1v) is 15.8. The molecule has 0 saturated heterocycles. The van der Waals surface area contributed by atoms with Gasteiger partial charge in [-0.2, -0.15) is 11.1 Å². The number of benzene rings is 1. The Bertz CT molecular complexity index is 747. The molecule has 1 atom stereocenters. The minimum Gasteiger partial charge on any atom is -1.00 e. The van der Waals surface area contributed by atoms with E-state index in [1.54, 1.807) is 15.9 Å². The summed E-state index contributed by atoms with van der Waals surface area (Å²) in [6.07, 6.45) is 3.96. The zero-order chi connectivity index (χ0) is 19.2. The van der Waals surface area contributed by atoms with Gasteiger partial charge in [0.1, 0.15) is 0 Å². The van der Waals surface area contributed by atoms with Gasteiger partial charge in [0.2, 0.25) is 0 Å². The van der Waals surface area contributed by atoms with Crippen molar-refractivity contribution in [2.24, 2.45) is 0 Å². The van der Waals surface area contributed by atoms with Gasteiger partial charge >= 0.3 is 21.7 Å². The molecule has 2 rings (SSSR count). The minimum absolute atomic E-state index is 0. The third-order valence-corrected chi connectivity index (χ3v) is 15.2. The number of hydrogen-bond acceptors (Lipinski definition) is 0. The quantitative estimate of drug-likeness (QED) is 0.287. The molecule has 0 heterocycles. The second-order valence-electron chi connectivity index (χ2n) is 9.25. The summed E-state index contributed by atoms with van der Waals surface area (Å²) in [6.45, 7) is 23.9. The maximum atomic E-state index is 3.96. The van der Waals surface area contributed by atoms with Crippen molar-refractivity contribution in [2.75, 3.05) is 0 Å². The van der Waals surface area contributed by atoms with Crippen LogP contribution in [0, 0.1) is 13.0 Å². The standard InChI is InChI=1S/C23H37Si2.3ClH.Ti/c1-11-25(12-2,23(7)16-18(4)19(5)20(23)6)22-14-17(3)13-21(15-22)24(8,9)10;;;;/h13-15H,11-12H2,1-10H3;3*1H;/q-1;;;;+4/p-3. The second-order valence-corrected chi connectivity index (χ2v) is 19.5. The Hall–Kier alpha value is 0.718. The largest absolute Gasteiger partial charge is 4.00 e. The Labute approximate surface area is 215 Å². The third kappa shape index (κ3) is 5.95. The third-order valence-electron chi connectivity index (χ3n) is 6.97. The summed E-state index contributed by atoms with van der Waals surface area (Å²) < 4.78 is 0. The van der Waals surface area contributed by atoms with Gasteiger partial charge in [-0.25, -0.2) is 5.57 Å². The first-order chi connectivity index (χ1) is 11.4. The molecule has 0 spiro atoms. The van der Waals surface area contributed by atoms with Crippen LogP contribution in [0.2, 0.25) is 36.8 Å². The Morgan fingerprint density at radius 2 is 1.28 bits per heavy atom. The van der Waals surface area contributed by atoms with E-state index in [2.05, 4.69) is 92.4 Å². The van der Waals surface area contributed by atoms with Gasteiger partial charge in [-0.1, -0.05) is 106 Å². The first-order valence-electron chi connectivity index (χ1n) is 9.85. The summed E-state index contributed by atoms with van der Waals surface area (Å²) >= 11 is 0. The maximum absolute atomic E-state index is 3.96. The monoisotopic (exact) mass is 522 g/mol. The molecule has 0 aromatic heterocycles. The Kier molecular flexibility index (Phi) is 14.3. The van der Waals surface area contributed by atoms with Gasteiger partial charge in [-0.15, -0.1) is 6.92 Å². The SMILES string of the molecule is CC[Si](CC)(c1cc(C)cc([Si](C)(C)C)c1)C1(C)[C-]=C(C)C(C)=C1C.[Cl-].[Cl-].[Cl-].[Ti+4]. The number of hydrogen-bond donors (Lipinski definition) is 0. The van der Waals surface area contributed by atoms with Crippen molar-refractivity contribution in [3.8, 4) is 0 Å². The van der Waals surface area contributed by atoms with Gasteiger partial charge in [0.15, 0.2) is 0 Å². The Morgan fingerprint density at radius 1 is 0.828 bits per heavy atom. The fraction of sp³-hybridized carbons (Fsp3) is 0.565. The van der Waals surface area contributed by atoms with Gasteiger partial charge in [0.05, 0.1) is 16.1 Å². The van der Waals surface area contributed by atoms with E-state index in [9.17, 15) is 0 Å². The predicted molar refractivity (Wildman–Crippen MR) is 120 cm³/mol. The van der Waals surface area contributed by atoms with E-state index < -0.39 is 16.1 Å². The van der Waals surface area contributed by atoms with Crippen molar-refractivity contribution in [1.82, 2.24) is 0 Å². The van der Waals surface area contributed by atoms with E-state index in [-0.39, 0.29) is 64.0 Å². The average molecular weight is 524 g/mol. The van der Waals surface area contributed by atoms with E-state index >= 15 is 0 Å². The van der Waals surface area contributed by atoms with E-state index in [1.165, 1.54) is 28.8 Å². The molecule has 0 radical (unpaired) electrons. The zero-order valence-corrected chi connectivity index (χ0v) is 25.6. The number of allylic oxidation sites excluding steroid dienone is 4. The van der Waals surface area contributed by atoms with Crippen LogP contribution in [-0.2, 0) is 21.7 Å². The zero-order valence-electron chi connectivity index (χ0n) is 19.8. The van der Waals surface area contributed by atoms with Crippen LogP contribution in [0.5, 0.6) is 0 Å². The van der Waals surface area contributed by atoms with Crippen LogP contribution in [0.25, 0.3) is 0 Å². The summed E-state index contributed by atoms with van der Waals surface area (Å²) in [5.41, 5.74) is 5.85. The molecule has 6 heteroatoms. The molecule has 0 N–H and O–H groups in total. The van der Waals surface area contributed by atoms with Crippen LogP contribution < -0.4 is 47.6 Å². The average Bonchev–Trinajstić information content (AvgIpc) is 2.72. The molecule has 0 fully saturated rings. The molecular weight excluding hydrogens is 487 g/mol. The van der Waals surface area contributed by atoms with Gasteiger partial charge in [0, 0.05) is 0 Å². The van der Waals surface area contributed by atoms with Crippen LogP contribution in [-0.4, -0.2) is 16.1 Å². The van der Waals surface area contributed by atoms with Gasteiger partial charge in [-0.05, 0) is 6.92 Å². The fourth-order valence-corrected chi connectivity index (χ4v) is 11.8. The summed E-state index contributed by atoms with van der Waals surface area (Å²) in [5.74, 6) is 0. The predicted octanol–water partition coefficient (Wildman–Crippen LogP) is -2.89. The van der Waals surface area contributed by atoms with Crippen LogP contribution in [0.15, 0.2) is 34.9 Å². The van der Waals surface area contributed by atoms with Crippen molar-refractivity contribution in [3.05, 3.63) is 46.6 Å². The smallest absolute Gasteiger partial charge is 1.00 e. The number of aryl methyl sites for hydroxylation is 1. The molecule has 0 saturated carbocycles. The molecule has 1 aromatic carbocycles. The van der Waals surface area contributed by atoms with Crippen LogP contribution in [0.1, 0.15) is 47.1 Å². The summed E-state index contributed by atoms with van der Waals surface area (Å²) in [6, 6.07) is 10.1. The number of rotatable bonds is 5. The fourth-order valence-electron chi connectivity index (χ4n) is 4.84. The van der Waals surface area contributed by atoms with E-state index in [1.807, 2.05) is 0 Å². The van der Waals surface area contributed by atoms with Crippen molar-refractivity contribution in [3.63, 3.8) is 0 Å². The van der Waals surface area contributed by atoms with Crippen LogP contribution in [0.3, 0.4) is 0 Å². The van der Waals surface area contributed by atoms with Crippen molar-refractivity contribution in [1.29, 1.82) is 0 Å². The van der Waals surface area contributed by atoms with Crippen molar-refractivity contribution < 1.29 is 58.9 Å². The Morgan fingerprint density at radius 3 is 1.62 bits per heavy atom. The first kappa shape index (κ1) is 34.3. The summed E-state index contributed by atoms with van der Waals surface area (Å²) in [4.78, 5) is 0. The topological polar surface area (TPSA) is 0 Å². The van der Waals surface area contributed by atoms with E-state index in [0.717, 1.165) is 0 Å².